The second-order valence-corrected chi connectivity index (χ2v) is 7.98. The predicted molar refractivity (Wildman–Crippen MR) is 104 cm³/mol. The fraction of sp³-hybridized carbons (Fsp3) is 0.421. The average Bonchev–Trinajstić information content (AvgIpc) is 3.23. The van der Waals surface area contributed by atoms with E-state index in [2.05, 4.69) is 15.1 Å². The summed E-state index contributed by atoms with van der Waals surface area (Å²) in [6.45, 7) is 1.48. The van der Waals surface area contributed by atoms with Crippen LogP contribution in [0.3, 0.4) is 0 Å². The molecule has 0 atom stereocenters. The molecule has 0 amide bonds. The Balaban J connectivity index is 1.83. The Bertz CT molecular complexity index is 1050. The van der Waals surface area contributed by atoms with E-state index in [1.54, 1.807) is 12.1 Å². The van der Waals surface area contributed by atoms with Crippen LogP contribution in [0, 0.1) is 0 Å². The highest BCUT2D eigenvalue weighted by Gasteiger charge is 2.39. The molecule has 3 aromatic rings. The van der Waals surface area contributed by atoms with Crippen LogP contribution in [-0.4, -0.2) is 26.5 Å². The Kier molecular flexibility index (Phi) is 4.86. The number of hydrogen-bond donors (Lipinski definition) is 1. The number of nitrogens with one attached hydrogen (secondary N) is 1. The minimum Gasteiger partial charge on any atom is -0.286 e. The second kappa shape index (κ2) is 7.20. The van der Waals surface area contributed by atoms with Crippen molar-refractivity contribution in [3.63, 3.8) is 0 Å². The van der Waals surface area contributed by atoms with Gasteiger partial charge in [0.2, 0.25) is 5.13 Å². The summed E-state index contributed by atoms with van der Waals surface area (Å²) in [6.07, 6.45) is 0.130. The van der Waals surface area contributed by atoms with Crippen molar-refractivity contribution in [1.29, 1.82) is 0 Å². The summed E-state index contributed by atoms with van der Waals surface area (Å²) in [5.41, 5.74) is -1.51. The number of aliphatic imine (C=N–C) groups is 1. The lowest BCUT2D eigenvalue weighted by atomic mass is 9.95. The van der Waals surface area contributed by atoms with Crippen LogP contribution in [0.2, 0.25) is 0 Å². The van der Waals surface area contributed by atoms with Gasteiger partial charge in [-0.25, -0.2) is 4.98 Å². The lowest BCUT2D eigenvalue weighted by Gasteiger charge is -2.18. The smallest absolute Gasteiger partial charge is 0.286 e. The van der Waals surface area contributed by atoms with Gasteiger partial charge in [-0.15, -0.1) is 0 Å². The third-order valence-electron chi connectivity index (χ3n) is 4.96. The predicted octanol–water partition coefficient (Wildman–Crippen LogP) is 4.94. The Morgan fingerprint density at radius 1 is 1.25 bits per heavy atom. The van der Waals surface area contributed by atoms with E-state index in [0.29, 0.717) is 5.52 Å². The van der Waals surface area contributed by atoms with Crippen LogP contribution in [0.5, 0.6) is 0 Å². The van der Waals surface area contributed by atoms with E-state index in [1.807, 2.05) is 12.1 Å². The highest BCUT2D eigenvalue weighted by atomic mass is 32.1. The van der Waals surface area contributed by atoms with Crippen LogP contribution in [0.15, 0.2) is 34.1 Å². The van der Waals surface area contributed by atoms with Gasteiger partial charge in [-0.3, -0.25) is 14.9 Å². The quantitative estimate of drug-likeness (QED) is 0.624. The molecule has 0 saturated heterocycles. The topological polar surface area (TPSA) is 63.0 Å². The van der Waals surface area contributed by atoms with Gasteiger partial charge < -0.3 is 0 Å². The van der Waals surface area contributed by atoms with Gasteiger partial charge >= 0.3 is 6.18 Å². The third-order valence-corrected chi connectivity index (χ3v) is 5.98. The molecule has 1 aliphatic carbocycles. The number of fused-ring (bicyclic) bond motifs is 1. The first-order valence-corrected chi connectivity index (χ1v) is 9.99. The van der Waals surface area contributed by atoms with Gasteiger partial charge in [0.05, 0.1) is 21.8 Å². The number of aromatic nitrogens is 3. The summed E-state index contributed by atoms with van der Waals surface area (Å²) in [7, 11) is 0. The van der Waals surface area contributed by atoms with E-state index in [-0.39, 0.29) is 16.9 Å². The minimum absolute atomic E-state index is 0.0277. The van der Waals surface area contributed by atoms with Gasteiger partial charge in [-0.05, 0) is 31.9 Å². The molecule has 1 N–H and O–H groups in total. The van der Waals surface area contributed by atoms with E-state index >= 15 is 0 Å². The van der Waals surface area contributed by atoms with Crippen LogP contribution in [0.4, 0.5) is 13.2 Å². The van der Waals surface area contributed by atoms with Crippen LogP contribution in [0.25, 0.3) is 15.3 Å². The zero-order chi connectivity index (χ0) is 19.9. The normalized spacial score (nSPS) is 16.8. The maximum Gasteiger partial charge on any atom is 0.433 e. The molecule has 0 bridgehead atoms. The van der Waals surface area contributed by atoms with Crippen molar-refractivity contribution in [3.8, 4) is 5.13 Å². The fourth-order valence-corrected chi connectivity index (χ4v) is 4.54. The average molecular weight is 408 g/mol. The first kappa shape index (κ1) is 18.9. The molecule has 1 saturated carbocycles. The Hall–Kier alpha value is -2.42. The van der Waals surface area contributed by atoms with Crippen LogP contribution < -0.4 is 5.56 Å². The van der Waals surface area contributed by atoms with Crippen molar-refractivity contribution >= 4 is 27.3 Å². The standard InChI is InChI=1S/C19H19F3N4OS/c1-11(23-12-7-3-2-4-8-12)15-16(19(20,21)22)25-26(17(15)27)18-24-13-9-5-6-10-14(13)28-18/h5-6,9-10,12,25H,2-4,7-8H2,1H3. The van der Waals surface area contributed by atoms with Crippen LogP contribution in [0.1, 0.15) is 50.3 Å². The van der Waals surface area contributed by atoms with E-state index < -0.39 is 23.0 Å². The highest BCUT2D eigenvalue weighted by molar-refractivity contribution is 7.20. The van der Waals surface area contributed by atoms with Crippen molar-refractivity contribution in [2.45, 2.75) is 51.2 Å². The number of rotatable bonds is 3. The van der Waals surface area contributed by atoms with E-state index in [1.165, 1.54) is 6.92 Å². The lowest BCUT2D eigenvalue weighted by Crippen LogP contribution is -2.22. The number of thiazole rings is 1. The van der Waals surface area contributed by atoms with E-state index in [9.17, 15) is 18.0 Å². The van der Waals surface area contributed by atoms with Gasteiger partial charge in [0.25, 0.3) is 5.56 Å². The van der Waals surface area contributed by atoms with Crippen molar-refractivity contribution < 1.29 is 13.2 Å². The van der Waals surface area contributed by atoms with Crippen LogP contribution in [-0.2, 0) is 6.18 Å². The zero-order valence-electron chi connectivity index (χ0n) is 15.2. The number of H-pyrrole nitrogens is 1. The summed E-state index contributed by atoms with van der Waals surface area (Å²) in [5, 5.41) is 2.41. The maximum absolute atomic E-state index is 13.6. The SMILES string of the molecule is CC(=NC1CCCCC1)c1c(C(F)(F)F)[nH]n(-c2nc3ccccc3s2)c1=O. The van der Waals surface area contributed by atoms with Gasteiger partial charge in [-0.1, -0.05) is 42.7 Å². The van der Waals surface area contributed by atoms with Crippen molar-refractivity contribution in [2.24, 2.45) is 4.99 Å². The number of benzene rings is 1. The molecule has 1 fully saturated rings. The molecule has 4 rings (SSSR count). The first-order chi connectivity index (χ1) is 13.3. The second-order valence-electron chi connectivity index (χ2n) is 6.97. The third kappa shape index (κ3) is 3.50. The monoisotopic (exact) mass is 408 g/mol. The van der Waals surface area contributed by atoms with Crippen molar-refractivity contribution in [1.82, 2.24) is 14.8 Å². The van der Waals surface area contributed by atoms with Crippen molar-refractivity contribution in [3.05, 3.63) is 45.9 Å². The molecule has 0 spiro atoms. The molecule has 5 nitrogen and oxygen atoms in total. The lowest BCUT2D eigenvalue weighted by molar-refractivity contribution is -0.141. The molecule has 1 aromatic carbocycles. The summed E-state index contributed by atoms with van der Waals surface area (Å²) >= 11 is 1.16. The Morgan fingerprint density at radius 2 is 1.96 bits per heavy atom. The Morgan fingerprint density at radius 3 is 2.64 bits per heavy atom. The first-order valence-electron chi connectivity index (χ1n) is 9.17. The molecular weight excluding hydrogens is 389 g/mol. The van der Waals surface area contributed by atoms with Gasteiger partial charge in [0.15, 0.2) is 5.69 Å². The molecule has 0 aliphatic heterocycles. The number of nitrogens with zero attached hydrogens (tertiary/aromatic N) is 3. The number of hydrogen-bond acceptors (Lipinski definition) is 4. The number of halogens is 3. The molecule has 0 radical (unpaired) electrons. The number of para-hydroxylation sites is 1. The van der Waals surface area contributed by atoms with Crippen LogP contribution >= 0.6 is 11.3 Å². The van der Waals surface area contributed by atoms with Gasteiger partial charge in [0.1, 0.15) is 0 Å². The molecule has 0 unspecified atom stereocenters. The zero-order valence-corrected chi connectivity index (χ0v) is 16.0. The van der Waals surface area contributed by atoms with E-state index in [4.69, 9.17) is 0 Å². The number of alkyl halides is 3. The molecule has 9 heteroatoms. The minimum atomic E-state index is -4.69. The van der Waals surface area contributed by atoms with Gasteiger partial charge in [0, 0.05) is 5.71 Å². The summed E-state index contributed by atoms with van der Waals surface area (Å²) in [6, 6.07) is 7.14. The summed E-state index contributed by atoms with van der Waals surface area (Å²) < 4.78 is 42.6. The molecule has 1 aliphatic rings. The molecule has 2 aromatic heterocycles. The summed E-state index contributed by atoms with van der Waals surface area (Å²) in [4.78, 5) is 21.7. The molecule has 2 heterocycles. The largest absolute Gasteiger partial charge is 0.433 e. The molecule has 28 heavy (non-hydrogen) atoms. The molecular formula is C19H19F3N4OS. The molecule has 148 valence electrons. The summed E-state index contributed by atoms with van der Waals surface area (Å²) in [5.74, 6) is 0. The van der Waals surface area contributed by atoms with Gasteiger partial charge in [-0.2, -0.15) is 17.9 Å². The Labute approximate surface area is 162 Å². The maximum atomic E-state index is 13.6. The fourth-order valence-electron chi connectivity index (χ4n) is 3.62. The van der Waals surface area contributed by atoms with E-state index in [0.717, 1.165) is 52.8 Å². The number of aromatic amines is 1. The van der Waals surface area contributed by atoms with Crippen molar-refractivity contribution in [2.75, 3.05) is 0 Å². The highest BCUT2D eigenvalue weighted by Crippen LogP contribution is 2.32.